The van der Waals surface area contributed by atoms with E-state index in [-0.39, 0.29) is 0 Å². The molecule has 0 spiro atoms. The van der Waals surface area contributed by atoms with E-state index in [1.165, 1.54) is 36.9 Å². The maximum Gasteiger partial charge on any atom is 0.0343 e. The quantitative estimate of drug-likeness (QED) is 0.838. The summed E-state index contributed by atoms with van der Waals surface area (Å²) in [5, 5.41) is 3.57. The van der Waals surface area contributed by atoms with E-state index in [0.717, 1.165) is 11.5 Å². The molecule has 1 saturated heterocycles. The maximum absolute atomic E-state index is 4.28. The minimum Gasteiger partial charge on any atom is -0.310 e. The van der Waals surface area contributed by atoms with Crippen molar-refractivity contribution in [2.45, 2.75) is 25.3 Å². The molecule has 2 unspecified atom stereocenters. The Bertz CT molecular complexity index is 462. The van der Waals surface area contributed by atoms with Crippen LogP contribution in [0.4, 0.5) is 0 Å². The van der Waals surface area contributed by atoms with Crippen molar-refractivity contribution in [2.24, 2.45) is 5.92 Å². The first kappa shape index (κ1) is 10.7. The monoisotopic (exact) mass is 226 g/mol. The Morgan fingerprint density at radius 3 is 3.18 bits per heavy atom. The van der Waals surface area contributed by atoms with Crippen molar-refractivity contribution in [1.29, 1.82) is 0 Å². The lowest BCUT2D eigenvalue weighted by molar-refractivity contribution is 0.465. The highest BCUT2D eigenvalue weighted by molar-refractivity contribution is 5.68. The minimum atomic E-state index is 0.589. The largest absolute Gasteiger partial charge is 0.310 e. The topological polar surface area (TPSA) is 24.9 Å². The zero-order chi connectivity index (χ0) is 11.7. The van der Waals surface area contributed by atoms with Gasteiger partial charge in [0, 0.05) is 18.4 Å². The van der Waals surface area contributed by atoms with E-state index >= 15 is 0 Å². The second-order valence-corrected chi connectivity index (χ2v) is 4.97. The average Bonchev–Trinajstić information content (AvgIpc) is 2.86. The van der Waals surface area contributed by atoms with Crippen molar-refractivity contribution in [3.8, 4) is 0 Å². The number of fused-ring (bicyclic) bond motifs is 1. The molecule has 17 heavy (non-hydrogen) atoms. The Kier molecular flexibility index (Phi) is 2.81. The Balaban J connectivity index is 1.90. The van der Waals surface area contributed by atoms with E-state index in [4.69, 9.17) is 0 Å². The highest BCUT2D eigenvalue weighted by atomic mass is 14.9. The van der Waals surface area contributed by atoms with Crippen molar-refractivity contribution in [2.75, 3.05) is 6.54 Å². The van der Waals surface area contributed by atoms with Gasteiger partial charge < -0.3 is 5.32 Å². The summed E-state index contributed by atoms with van der Waals surface area (Å²) < 4.78 is 0. The van der Waals surface area contributed by atoms with Crippen LogP contribution in [0.2, 0.25) is 0 Å². The second kappa shape index (κ2) is 4.46. The van der Waals surface area contributed by atoms with Crippen molar-refractivity contribution in [1.82, 2.24) is 10.3 Å². The third-order valence-electron chi connectivity index (χ3n) is 3.93. The minimum absolute atomic E-state index is 0.589. The molecule has 0 aromatic carbocycles. The number of hydrogen-bond donors (Lipinski definition) is 1. The highest BCUT2D eigenvalue weighted by Gasteiger charge is 2.28. The van der Waals surface area contributed by atoms with Gasteiger partial charge in [0.1, 0.15) is 0 Å². The summed E-state index contributed by atoms with van der Waals surface area (Å²) in [4.78, 5) is 4.28. The fourth-order valence-corrected chi connectivity index (χ4v) is 2.93. The fourth-order valence-electron chi connectivity index (χ4n) is 2.93. The average molecular weight is 226 g/mol. The number of nitrogens with zero attached hydrogens (tertiary/aromatic N) is 1. The van der Waals surface area contributed by atoms with E-state index in [0.29, 0.717) is 6.04 Å². The van der Waals surface area contributed by atoms with Crippen molar-refractivity contribution < 1.29 is 0 Å². The van der Waals surface area contributed by atoms with Gasteiger partial charge in [-0.15, -0.1) is 0 Å². The molecule has 0 bridgehead atoms. The van der Waals surface area contributed by atoms with Crippen LogP contribution < -0.4 is 5.32 Å². The summed E-state index contributed by atoms with van der Waals surface area (Å²) in [6.07, 6.45) is 11.9. The molecular weight excluding hydrogens is 208 g/mol. The standard InChI is InChI=1S/C15H18N2/c1-2-11-7-14(10-16-9-11)13-4-3-12-5-6-17-15(12)8-13/h2,7-10,12,15,17H,1,3-6H2. The van der Waals surface area contributed by atoms with Gasteiger partial charge in [-0.25, -0.2) is 0 Å². The SMILES string of the molecule is C=Cc1cncc(C2=CC3NCCC3CC2)c1. The molecular formula is C15H18N2. The summed E-state index contributed by atoms with van der Waals surface area (Å²) >= 11 is 0. The van der Waals surface area contributed by atoms with Gasteiger partial charge in [0.15, 0.2) is 0 Å². The molecule has 2 nitrogen and oxygen atoms in total. The van der Waals surface area contributed by atoms with Gasteiger partial charge in [-0.1, -0.05) is 18.7 Å². The van der Waals surface area contributed by atoms with Crippen LogP contribution in [-0.4, -0.2) is 17.6 Å². The predicted molar refractivity (Wildman–Crippen MR) is 71.4 cm³/mol. The van der Waals surface area contributed by atoms with Crippen LogP contribution >= 0.6 is 0 Å². The van der Waals surface area contributed by atoms with Crippen molar-refractivity contribution >= 4 is 11.6 Å². The van der Waals surface area contributed by atoms with Crippen LogP contribution in [0.5, 0.6) is 0 Å². The zero-order valence-electron chi connectivity index (χ0n) is 10.0. The van der Waals surface area contributed by atoms with Crippen LogP contribution in [0.25, 0.3) is 11.6 Å². The van der Waals surface area contributed by atoms with Crippen LogP contribution in [0.1, 0.15) is 30.4 Å². The van der Waals surface area contributed by atoms with Gasteiger partial charge in [-0.05, 0) is 54.5 Å². The Morgan fingerprint density at radius 2 is 2.29 bits per heavy atom. The van der Waals surface area contributed by atoms with E-state index in [2.05, 4.69) is 29.0 Å². The van der Waals surface area contributed by atoms with Gasteiger partial charge in [0.25, 0.3) is 0 Å². The van der Waals surface area contributed by atoms with Crippen LogP contribution in [0, 0.1) is 5.92 Å². The lowest BCUT2D eigenvalue weighted by atomic mass is 9.84. The smallest absolute Gasteiger partial charge is 0.0343 e. The zero-order valence-corrected chi connectivity index (χ0v) is 10.0. The van der Waals surface area contributed by atoms with Gasteiger partial charge in [-0.2, -0.15) is 0 Å². The Morgan fingerprint density at radius 1 is 1.35 bits per heavy atom. The molecule has 1 N–H and O–H groups in total. The van der Waals surface area contributed by atoms with Gasteiger partial charge >= 0.3 is 0 Å². The number of pyridine rings is 1. The second-order valence-electron chi connectivity index (χ2n) is 4.97. The maximum atomic E-state index is 4.28. The number of rotatable bonds is 2. The number of nitrogens with one attached hydrogen (secondary N) is 1. The van der Waals surface area contributed by atoms with E-state index < -0.39 is 0 Å². The molecule has 1 aromatic rings. The molecule has 3 rings (SSSR count). The highest BCUT2D eigenvalue weighted by Crippen LogP contribution is 2.34. The summed E-state index contributed by atoms with van der Waals surface area (Å²) in [7, 11) is 0. The van der Waals surface area contributed by atoms with Crippen LogP contribution in [0.15, 0.2) is 31.1 Å². The van der Waals surface area contributed by atoms with Gasteiger partial charge in [0.2, 0.25) is 0 Å². The molecule has 0 saturated carbocycles. The van der Waals surface area contributed by atoms with Gasteiger partial charge in [0.05, 0.1) is 0 Å². The first-order valence-corrected chi connectivity index (χ1v) is 6.39. The Hall–Kier alpha value is -1.41. The molecule has 2 aliphatic rings. The fraction of sp³-hybridized carbons (Fsp3) is 0.400. The number of allylic oxidation sites excluding steroid dienone is 1. The molecule has 2 heterocycles. The first-order valence-electron chi connectivity index (χ1n) is 6.39. The van der Waals surface area contributed by atoms with E-state index in [1.54, 1.807) is 0 Å². The van der Waals surface area contributed by atoms with Gasteiger partial charge in [-0.3, -0.25) is 4.98 Å². The lowest BCUT2D eigenvalue weighted by Gasteiger charge is -2.24. The number of hydrogen-bond acceptors (Lipinski definition) is 2. The Labute approximate surface area is 102 Å². The predicted octanol–water partition coefficient (Wildman–Crippen LogP) is 2.88. The van der Waals surface area contributed by atoms with Crippen molar-refractivity contribution in [3.05, 3.63) is 42.2 Å². The number of aromatic nitrogens is 1. The third kappa shape index (κ3) is 2.05. The summed E-state index contributed by atoms with van der Waals surface area (Å²) in [6, 6.07) is 2.77. The molecule has 0 amide bonds. The molecule has 2 atom stereocenters. The molecule has 1 aromatic heterocycles. The molecule has 1 fully saturated rings. The lowest BCUT2D eigenvalue weighted by Crippen LogP contribution is -2.27. The first-order chi connectivity index (χ1) is 8.36. The van der Waals surface area contributed by atoms with Crippen molar-refractivity contribution in [3.63, 3.8) is 0 Å². The van der Waals surface area contributed by atoms with Crippen LogP contribution in [-0.2, 0) is 0 Å². The molecule has 1 aliphatic heterocycles. The summed E-state index contributed by atoms with van der Waals surface area (Å²) in [6.45, 7) is 4.97. The third-order valence-corrected chi connectivity index (χ3v) is 3.93. The van der Waals surface area contributed by atoms with Crippen LogP contribution in [0.3, 0.4) is 0 Å². The summed E-state index contributed by atoms with van der Waals surface area (Å²) in [5.74, 6) is 0.856. The van der Waals surface area contributed by atoms with E-state index in [1.807, 2.05) is 18.5 Å². The summed E-state index contributed by atoms with van der Waals surface area (Å²) in [5.41, 5.74) is 3.80. The molecule has 2 heteroatoms. The molecule has 0 radical (unpaired) electrons. The molecule has 1 aliphatic carbocycles. The normalized spacial score (nSPS) is 27.4. The van der Waals surface area contributed by atoms with E-state index in [9.17, 15) is 0 Å². The molecule has 88 valence electrons.